The van der Waals surface area contributed by atoms with Crippen LogP contribution in [0.25, 0.3) is 17.2 Å². The van der Waals surface area contributed by atoms with Crippen LogP contribution < -0.4 is 4.90 Å². The zero-order chi connectivity index (χ0) is 19.2. The van der Waals surface area contributed by atoms with Gasteiger partial charge in [0.15, 0.2) is 6.29 Å². The number of carbonyl (C=O) groups excluding carboxylic acids is 2. The van der Waals surface area contributed by atoms with E-state index in [1.54, 1.807) is 6.08 Å². The van der Waals surface area contributed by atoms with Crippen LogP contribution in [0, 0.1) is 0 Å². The molecule has 0 aromatic heterocycles. The number of ether oxygens (including phenoxy) is 2. The summed E-state index contributed by atoms with van der Waals surface area (Å²) >= 11 is 0. The molecule has 1 aliphatic rings. The molecule has 0 spiro atoms. The van der Waals surface area contributed by atoms with E-state index in [0.29, 0.717) is 24.3 Å². The van der Waals surface area contributed by atoms with Gasteiger partial charge < -0.3 is 14.4 Å². The third-order valence-electron chi connectivity index (χ3n) is 4.66. The molecule has 2 aromatic rings. The zero-order valence-corrected chi connectivity index (χ0v) is 15.4. The van der Waals surface area contributed by atoms with Crippen LogP contribution in [0.1, 0.15) is 28.4 Å². The van der Waals surface area contributed by atoms with Gasteiger partial charge in [0.05, 0.1) is 13.2 Å². The summed E-state index contributed by atoms with van der Waals surface area (Å²) in [5, 5.41) is 0. The van der Waals surface area contributed by atoms with Crippen LogP contribution in [-0.4, -0.2) is 38.6 Å². The van der Waals surface area contributed by atoms with Crippen LogP contribution in [0.2, 0.25) is 0 Å². The Morgan fingerprint density at radius 2 is 1.96 bits per heavy atom. The molecular weight excluding hydrogens is 342 g/mol. The van der Waals surface area contributed by atoms with Crippen molar-refractivity contribution < 1.29 is 19.1 Å². The Kier molecular flexibility index (Phi) is 6.04. The first-order chi connectivity index (χ1) is 13.2. The summed E-state index contributed by atoms with van der Waals surface area (Å²) in [6, 6.07) is 11.8. The summed E-state index contributed by atoms with van der Waals surface area (Å²) < 4.78 is 10.8. The molecule has 0 unspecified atom stereocenters. The Hall–Kier alpha value is -2.92. The minimum atomic E-state index is -0.386. The standard InChI is InChI=1S/C22H23NO4/c1-3-17-13-21(23-9-11-26-12-10-23)22(18-7-5-4-6-8-18)20(19(17)14-24)15-27-16(2)25/h3-8,13-14H,1,9-12,15H2,2H3. The van der Waals surface area contributed by atoms with Crippen molar-refractivity contribution in [2.24, 2.45) is 0 Å². The average molecular weight is 365 g/mol. The van der Waals surface area contributed by atoms with Gasteiger partial charge in [0.2, 0.25) is 0 Å². The molecule has 1 heterocycles. The van der Waals surface area contributed by atoms with Gasteiger partial charge in [0, 0.05) is 42.4 Å². The first kappa shape index (κ1) is 18.9. The number of nitrogens with zero attached hydrogens (tertiary/aromatic N) is 1. The predicted octanol–water partition coefficient (Wildman–Crippen LogP) is 3.71. The topological polar surface area (TPSA) is 55.8 Å². The van der Waals surface area contributed by atoms with Gasteiger partial charge in [-0.2, -0.15) is 0 Å². The number of esters is 1. The van der Waals surface area contributed by atoms with Crippen molar-refractivity contribution in [1.82, 2.24) is 0 Å². The number of anilines is 1. The van der Waals surface area contributed by atoms with Crippen LogP contribution in [-0.2, 0) is 20.9 Å². The summed E-state index contributed by atoms with van der Waals surface area (Å²) in [6.07, 6.45) is 2.48. The Labute approximate surface area is 159 Å². The first-order valence-electron chi connectivity index (χ1n) is 8.94. The first-order valence-corrected chi connectivity index (χ1v) is 8.94. The molecule has 0 atom stereocenters. The summed E-state index contributed by atoms with van der Waals surface area (Å²) in [5.74, 6) is -0.386. The molecule has 5 heteroatoms. The maximum Gasteiger partial charge on any atom is 0.302 e. The number of morpholine rings is 1. The fourth-order valence-corrected chi connectivity index (χ4v) is 3.37. The van der Waals surface area contributed by atoms with E-state index in [0.717, 1.165) is 41.8 Å². The minimum absolute atomic E-state index is 0.0344. The van der Waals surface area contributed by atoms with Crippen molar-refractivity contribution in [3.63, 3.8) is 0 Å². The molecule has 0 amide bonds. The number of carbonyl (C=O) groups is 2. The van der Waals surface area contributed by atoms with Crippen LogP contribution in [0.5, 0.6) is 0 Å². The average Bonchev–Trinajstić information content (AvgIpc) is 2.72. The maximum atomic E-state index is 11.9. The monoisotopic (exact) mass is 365 g/mol. The van der Waals surface area contributed by atoms with E-state index in [1.807, 2.05) is 36.4 Å². The van der Waals surface area contributed by atoms with Crippen molar-refractivity contribution in [3.8, 4) is 11.1 Å². The fraction of sp³-hybridized carbons (Fsp3) is 0.273. The molecule has 0 saturated carbocycles. The van der Waals surface area contributed by atoms with E-state index in [9.17, 15) is 9.59 Å². The number of rotatable bonds is 6. The highest BCUT2D eigenvalue weighted by atomic mass is 16.5. The third kappa shape index (κ3) is 4.09. The van der Waals surface area contributed by atoms with Crippen LogP contribution >= 0.6 is 0 Å². The molecule has 27 heavy (non-hydrogen) atoms. The van der Waals surface area contributed by atoms with Crippen molar-refractivity contribution in [1.29, 1.82) is 0 Å². The largest absolute Gasteiger partial charge is 0.461 e. The fourth-order valence-electron chi connectivity index (χ4n) is 3.37. The molecule has 1 fully saturated rings. The van der Waals surface area contributed by atoms with Crippen molar-refractivity contribution in [2.75, 3.05) is 31.2 Å². The van der Waals surface area contributed by atoms with E-state index in [-0.39, 0.29) is 12.6 Å². The molecule has 5 nitrogen and oxygen atoms in total. The molecule has 1 saturated heterocycles. The molecule has 2 aromatic carbocycles. The molecule has 140 valence electrons. The molecule has 1 aliphatic heterocycles. The van der Waals surface area contributed by atoms with Gasteiger partial charge in [-0.15, -0.1) is 0 Å². The molecular formula is C22H23NO4. The number of aldehydes is 1. The molecule has 3 rings (SSSR count). The number of hydrogen-bond acceptors (Lipinski definition) is 5. The van der Waals surface area contributed by atoms with E-state index in [1.165, 1.54) is 6.92 Å². The van der Waals surface area contributed by atoms with Gasteiger partial charge in [0.25, 0.3) is 0 Å². The summed E-state index contributed by atoms with van der Waals surface area (Å²) in [6.45, 7) is 8.05. The second-order valence-corrected chi connectivity index (χ2v) is 6.32. The third-order valence-corrected chi connectivity index (χ3v) is 4.66. The molecule has 0 N–H and O–H groups in total. The quantitative estimate of drug-likeness (QED) is 0.577. The van der Waals surface area contributed by atoms with Gasteiger partial charge in [-0.05, 0) is 17.2 Å². The Bertz CT molecular complexity index is 839. The summed E-state index contributed by atoms with van der Waals surface area (Å²) in [7, 11) is 0. The Balaban J connectivity index is 2.27. The smallest absolute Gasteiger partial charge is 0.302 e. The maximum absolute atomic E-state index is 11.9. The van der Waals surface area contributed by atoms with Crippen LogP contribution in [0.15, 0.2) is 43.0 Å². The zero-order valence-electron chi connectivity index (χ0n) is 15.4. The van der Waals surface area contributed by atoms with Crippen molar-refractivity contribution >= 4 is 24.0 Å². The van der Waals surface area contributed by atoms with Gasteiger partial charge >= 0.3 is 5.97 Å². The second-order valence-electron chi connectivity index (χ2n) is 6.32. The lowest BCUT2D eigenvalue weighted by Gasteiger charge is -2.32. The van der Waals surface area contributed by atoms with Crippen molar-refractivity contribution in [3.05, 3.63) is 59.7 Å². The molecule has 0 aliphatic carbocycles. The lowest BCUT2D eigenvalue weighted by Crippen LogP contribution is -2.36. The highest BCUT2D eigenvalue weighted by molar-refractivity contribution is 5.94. The molecule has 0 radical (unpaired) electrons. The van der Waals surface area contributed by atoms with E-state index >= 15 is 0 Å². The normalized spacial score (nSPS) is 13.9. The lowest BCUT2D eigenvalue weighted by atomic mass is 9.90. The van der Waals surface area contributed by atoms with Gasteiger partial charge in [-0.1, -0.05) is 43.0 Å². The van der Waals surface area contributed by atoms with Gasteiger partial charge in [0.1, 0.15) is 6.61 Å². The SMILES string of the molecule is C=Cc1cc(N2CCOCC2)c(-c2ccccc2)c(COC(C)=O)c1C=O. The highest BCUT2D eigenvalue weighted by Crippen LogP contribution is 2.39. The van der Waals surface area contributed by atoms with Crippen LogP contribution in [0.4, 0.5) is 5.69 Å². The van der Waals surface area contributed by atoms with E-state index in [4.69, 9.17) is 9.47 Å². The Morgan fingerprint density at radius 3 is 2.56 bits per heavy atom. The van der Waals surface area contributed by atoms with Gasteiger partial charge in [-0.3, -0.25) is 9.59 Å². The van der Waals surface area contributed by atoms with E-state index < -0.39 is 0 Å². The van der Waals surface area contributed by atoms with Crippen molar-refractivity contribution in [2.45, 2.75) is 13.5 Å². The van der Waals surface area contributed by atoms with Crippen LogP contribution in [0.3, 0.4) is 0 Å². The predicted molar refractivity (Wildman–Crippen MR) is 106 cm³/mol. The number of benzene rings is 2. The summed E-state index contributed by atoms with van der Waals surface area (Å²) in [4.78, 5) is 25.6. The summed E-state index contributed by atoms with van der Waals surface area (Å²) in [5.41, 5.74) is 4.80. The lowest BCUT2D eigenvalue weighted by molar-refractivity contribution is -0.142. The second kappa shape index (κ2) is 8.64. The van der Waals surface area contributed by atoms with Gasteiger partial charge in [-0.25, -0.2) is 0 Å². The minimum Gasteiger partial charge on any atom is -0.461 e. The Morgan fingerprint density at radius 1 is 1.26 bits per heavy atom. The highest BCUT2D eigenvalue weighted by Gasteiger charge is 2.23. The number of hydrogen-bond donors (Lipinski definition) is 0. The molecule has 0 bridgehead atoms. The van der Waals surface area contributed by atoms with E-state index in [2.05, 4.69) is 11.5 Å².